The minimum Gasteiger partial charge on any atom is -0.370 e. The summed E-state index contributed by atoms with van der Waals surface area (Å²) < 4.78 is 13.3. The van der Waals surface area contributed by atoms with Crippen molar-refractivity contribution >= 4 is 5.96 Å². The number of nitrogens with one attached hydrogen (secondary N) is 2. The molecule has 6 heteroatoms. The van der Waals surface area contributed by atoms with E-state index in [1.165, 1.54) is 17.7 Å². The number of benzene rings is 2. The number of nitrogens with zero attached hydrogens (tertiary/aromatic N) is 2. The molecule has 0 aliphatic rings. The van der Waals surface area contributed by atoms with E-state index in [-0.39, 0.29) is 11.7 Å². The monoisotopic (exact) mass is 379 g/mol. The van der Waals surface area contributed by atoms with Crippen molar-refractivity contribution in [1.82, 2.24) is 15.3 Å². The number of nitrogens with two attached hydrogens (primary N) is 1. The molecule has 1 unspecified atom stereocenters. The Balaban J connectivity index is 1.51. The van der Waals surface area contributed by atoms with Gasteiger partial charge in [-0.3, -0.25) is 4.99 Å². The van der Waals surface area contributed by atoms with E-state index < -0.39 is 0 Å². The molecular weight excluding hydrogens is 353 g/mol. The maximum atomic E-state index is 13.3. The largest absolute Gasteiger partial charge is 0.370 e. The third-order valence-electron chi connectivity index (χ3n) is 4.65. The van der Waals surface area contributed by atoms with E-state index in [9.17, 15) is 4.39 Å². The summed E-state index contributed by atoms with van der Waals surface area (Å²) in [4.78, 5) is 11.5. The number of aliphatic imine (C=N–C) groups is 1. The molecule has 1 heterocycles. The fraction of sp³-hybridized carbons (Fsp3) is 0.273. The second kappa shape index (κ2) is 10.3. The lowest BCUT2D eigenvalue weighted by molar-refractivity contribution is 0.624. The number of hydrogen-bond acceptors (Lipinski definition) is 2. The van der Waals surface area contributed by atoms with Gasteiger partial charge in [0.2, 0.25) is 0 Å². The number of aromatic amines is 1. The summed E-state index contributed by atoms with van der Waals surface area (Å²) in [5.74, 6) is 0.401. The van der Waals surface area contributed by atoms with E-state index in [0.29, 0.717) is 19.0 Å². The van der Waals surface area contributed by atoms with E-state index in [4.69, 9.17) is 5.73 Å². The lowest BCUT2D eigenvalue weighted by Crippen LogP contribution is -2.33. The summed E-state index contributed by atoms with van der Waals surface area (Å²) >= 11 is 0. The number of halogens is 1. The third-order valence-corrected chi connectivity index (χ3v) is 4.65. The van der Waals surface area contributed by atoms with E-state index >= 15 is 0 Å². The number of H-pyrrole nitrogens is 1. The molecule has 0 fully saturated rings. The van der Waals surface area contributed by atoms with Crippen molar-refractivity contribution in [2.24, 2.45) is 10.7 Å². The molecule has 0 bridgehead atoms. The zero-order valence-electron chi connectivity index (χ0n) is 15.8. The normalized spacial score (nSPS) is 12.7. The van der Waals surface area contributed by atoms with Crippen molar-refractivity contribution in [2.75, 3.05) is 13.1 Å². The van der Waals surface area contributed by atoms with E-state index in [1.54, 1.807) is 6.33 Å². The Hall–Kier alpha value is -3.15. The molecule has 0 amide bonds. The minimum atomic E-state index is -0.222. The fourth-order valence-electron chi connectivity index (χ4n) is 3.20. The van der Waals surface area contributed by atoms with Gasteiger partial charge in [-0.2, -0.15) is 0 Å². The topological polar surface area (TPSA) is 79.1 Å². The SMILES string of the molecule is NC(=NCCCc1cnc[nH]1)NCCC(c1ccccc1)c1ccc(F)cc1. The second-order valence-electron chi connectivity index (χ2n) is 6.68. The van der Waals surface area contributed by atoms with Crippen LogP contribution in [0.3, 0.4) is 0 Å². The van der Waals surface area contributed by atoms with Crippen LogP contribution in [0.1, 0.15) is 35.6 Å². The molecule has 1 aromatic heterocycles. The van der Waals surface area contributed by atoms with Crippen LogP contribution < -0.4 is 11.1 Å². The highest BCUT2D eigenvalue weighted by atomic mass is 19.1. The Morgan fingerprint density at radius 1 is 1.11 bits per heavy atom. The summed E-state index contributed by atoms with van der Waals surface area (Å²) in [6, 6.07) is 16.9. The van der Waals surface area contributed by atoms with Crippen LogP contribution >= 0.6 is 0 Å². The number of guanidine groups is 1. The lowest BCUT2D eigenvalue weighted by atomic mass is 9.88. The summed E-state index contributed by atoms with van der Waals surface area (Å²) in [7, 11) is 0. The number of imidazole rings is 1. The van der Waals surface area contributed by atoms with Gasteiger partial charge in [-0.1, -0.05) is 42.5 Å². The lowest BCUT2D eigenvalue weighted by Gasteiger charge is -2.18. The van der Waals surface area contributed by atoms with Crippen LogP contribution in [-0.4, -0.2) is 29.0 Å². The zero-order chi connectivity index (χ0) is 19.6. The zero-order valence-corrected chi connectivity index (χ0v) is 15.8. The molecule has 2 aromatic carbocycles. The Morgan fingerprint density at radius 2 is 1.86 bits per heavy atom. The van der Waals surface area contributed by atoms with Crippen molar-refractivity contribution in [3.8, 4) is 0 Å². The molecule has 0 aliphatic heterocycles. The first-order chi connectivity index (χ1) is 13.7. The van der Waals surface area contributed by atoms with E-state index in [0.717, 1.165) is 30.5 Å². The van der Waals surface area contributed by atoms with Crippen LogP contribution in [0.15, 0.2) is 72.1 Å². The highest BCUT2D eigenvalue weighted by molar-refractivity contribution is 5.77. The van der Waals surface area contributed by atoms with Crippen molar-refractivity contribution in [3.05, 3.63) is 89.8 Å². The Labute approximate surface area is 164 Å². The molecular formula is C22H26FN5. The van der Waals surface area contributed by atoms with Crippen molar-refractivity contribution in [1.29, 1.82) is 0 Å². The van der Waals surface area contributed by atoms with Crippen molar-refractivity contribution in [2.45, 2.75) is 25.2 Å². The van der Waals surface area contributed by atoms with Gasteiger partial charge < -0.3 is 16.0 Å². The number of rotatable bonds is 9. The summed E-state index contributed by atoms with van der Waals surface area (Å²) in [6.45, 7) is 1.35. The first-order valence-electron chi connectivity index (χ1n) is 9.54. The maximum absolute atomic E-state index is 13.3. The van der Waals surface area contributed by atoms with Gasteiger partial charge in [-0.15, -0.1) is 0 Å². The molecule has 4 N–H and O–H groups in total. The van der Waals surface area contributed by atoms with Gasteiger partial charge >= 0.3 is 0 Å². The molecule has 0 spiro atoms. The van der Waals surface area contributed by atoms with Gasteiger partial charge in [0.05, 0.1) is 6.33 Å². The van der Waals surface area contributed by atoms with Crippen LogP contribution in [0.4, 0.5) is 4.39 Å². The number of hydrogen-bond donors (Lipinski definition) is 3. The fourth-order valence-corrected chi connectivity index (χ4v) is 3.20. The second-order valence-corrected chi connectivity index (χ2v) is 6.68. The van der Waals surface area contributed by atoms with Gasteiger partial charge in [0.15, 0.2) is 5.96 Å². The molecule has 0 radical (unpaired) electrons. The average molecular weight is 379 g/mol. The third kappa shape index (κ3) is 5.94. The van der Waals surface area contributed by atoms with Gasteiger partial charge in [0, 0.05) is 30.9 Å². The van der Waals surface area contributed by atoms with Gasteiger partial charge in [0.1, 0.15) is 5.82 Å². The van der Waals surface area contributed by atoms with E-state index in [1.807, 2.05) is 36.5 Å². The molecule has 0 aliphatic carbocycles. The highest BCUT2D eigenvalue weighted by Gasteiger charge is 2.14. The average Bonchev–Trinajstić information content (AvgIpc) is 3.24. The van der Waals surface area contributed by atoms with Crippen LogP contribution in [-0.2, 0) is 6.42 Å². The van der Waals surface area contributed by atoms with E-state index in [2.05, 4.69) is 32.4 Å². The standard InChI is InChI=1S/C22H26FN5/c23-19-10-8-18(9-11-19)21(17-5-2-1-3-6-17)12-14-27-22(24)26-13-4-7-20-15-25-16-28-20/h1-3,5-6,8-11,15-16,21H,4,7,12-14H2,(H,25,28)(H3,24,26,27). The van der Waals surface area contributed by atoms with Crippen LogP contribution in [0.25, 0.3) is 0 Å². The predicted octanol–water partition coefficient (Wildman–Crippen LogP) is 3.61. The van der Waals surface area contributed by atoms with Crippen LogP contribution in [0, 0.1) is 5.82 Å². The smallest absolute Gasteiger partial charge is 0.188 e. The first kappa shape index (κ1) is 19.6. The molecule has 0 saturated carbocycles. The summed E-state index contributed by atoms with van der Waals surface area (Å²) in [5.41, 5.74) is 9.38. The summed E-state index contributed by atoms with van der Waals surface area (Å²) in [6.07, 6.45) is 6.15. The van der Waals surface area contributed by atoms with Crippen LogP contribution in [0.2, 0.25) is 0 Å². The molecule has 3 rings (SSSR count). The number of aromatic nitrogens is 2. The highest BCUT2D eigenvalue weighted by Crippen LogP contribution is 2.27. The quantitative estimate of drug-likeness (QED) is 0.302. The van der Waals surface area contributed by atoms with Crippen LogP contribution in [0.5, 0.6) is 0 Å². The molecule has 0 saturated heterocycles. The van der Waals surface area contributed by atoms with Gasteiger partial charge in [-0.25, -0.2) is 9.37 Å². The Bertz CT molecular complexity index is 844. The molecule has 28 heavy (non-hydrogen) atoms. The minimum absolute atomic E-state index is 0.169. The van der Waals surface area contributed by atoms with Crippen molar-refractivity contribution < 1.29 is 4.39 Å². The molecule has 5 nitrogen and oxygen atoms in total. The predicted molar refractivity (Wildman–Crippen MR) is 111 cm³/mol. The van der Waals surface area contributed by atoms with Gasteiger partial charge in [-0.05, 0) is 42.5 Å². The van der Waals surface area contributed by atoms with Crippen molar-refractivity contribution in [3.63, 3.8) is 0 Å². The Kier molecular flexibility index (Phi) is 7.18. The molecule has 1 atom stereocenters. The first-order valence-corrected chi connectivity index (χ1v) is 9.54. The van der Waals surface area contributed by atoms with Gasteiger partial charge in [0.25, 0.3) is 0 Å². The Morgan fingerprint density at radius 3 is 2.57 bits per heavy atom. The molecule has 3 aromatic rings. The maximum Gasteiger partial charge on any atom is 0.188 e. The summed E-state index contributed by atoms with van der Waals surface area (Å²) in [5, 5.41) is 3.19. The molecule has 146 valence electrons. The number of aryl methyl sites for hydroxylation is 1.